The third kappa shape index (κ3) is 11.5. The van der Waals surface area contributed by atoms with Gasteiger partial charge in [-0.1, -0.05) is 170 Å². The van der Waals surface area contributed by atoms with Crippen LogP contribution in [-0.4, -0.2) is 112 Å². The number of benzene rings is 6. The predicted molar refractivity (Wildman–Crippen MR) is 272 cm³/mol. The van der Waals surface area contributed by atoms with Crippen molar-refractivity contribution in [2.24, 2.45) is 0 Å². The second-order valence-corrected chi connectivity index (χ2v) is 19.7. The van der Waals surface area contributed by atoms with E-state index >= 15 is 0 Å². The lowest BCUT2D eigenvalue weighted by molar-refractivity contribution is -0.139. The van der Waals surface area contributed by atoms with E-state index in [1.165, 1.54) is 33.4 Å². The van der Waals surface area contributed by atoms with Crippen molar-refractivity contribution < 1.29 is 19.1 Å². The Morgan fingerprint density at radius 3 is 1.29 bits per heavy atom. The maximum absolute atomic E-state index is 13.9. The zero-order valence-electron chi connectivity index (χ0n) is 40.3. The molecule has 0 radical (unpaired) electrons. The molecular weight excluding hydrogens is 857 g/mol. The second kappa shape index (κ2) is 21.8. The lowest BCUT2D eigenvalue weighted by atomic mass is 9.93. The molecule has 4 aliphatic rings. The molecule has 2 saturated heterocycles. The van der Waals surface area contributed by atoms with Crippen molar-refractivity contribution in [3.63, 3.8) is 0 Å². The lowest BCUT2D eigenvalue weighted by Crippen LogP contribution is -2.58. The Bertz CT molecular complexity index is 2550. The normalized spacial score (nSPS) is 18.7. The van der Waals surface area contributed by atoms with E-state index in [-0.39, 0.29) is 29.9 Å². The number of piperazine rings is 2. The van der Waals surface area contributed by atoms with E-state index in [2.05, 4.69) is 160 Å². The van der Waals surface area contributed by atoms with E-state index in [1.54, 1.807) is 4.90 Å². The van der Waals surface area contributed by atoms with Gasteiger partial charge in [0.05, 0.1) is 24.7 Å². The van der Waals surface area contributed by atoms with Crippen LogP contribution in [0.1, 0.15) is 77.4 Å². The minimum atomic E-state index is -0.628. The van der Waals surface area contributed by atoms with Crippen LogP contribution in [0.15, 0.2) is 170 Å². The molecule has 4 heterocycles. The van der Waals surface area contributed by atoms with E-state index in [0.29, 0.717) is 26.1 Å². The number of amides is 3. The molecule has 10 rings (SSSR count). The molecule has 0 spiro atoms. The third-order valence-electron chi connectivity index (χ3n) is 14.0. The molecule has 69 heavy (non-hydrogen) atoms. The summed E-state index contributed by atoms with van der Waals surface area (Å²) in [4.78, 5) is 50.9. The molecule has 2 fully saturated rings. The monoisotopic (exact) mass is 923 g/mol. The minimum absolute atomic E-state index is 0.000912. The highest BCUT2D eigenvalue weighted by Gasteiger charge is 2.40. The molecule has 6 aromatic carbocycles. The van der Waals surface area contributed by atoms with E-state index < -0.39 is 17.7 Å². The van der Waals surface area contributed by atoms with Crippen molar-refractivity contribution in [3.05, 3.63) is 214 Å². The number of carbonyl (C=O) groups is 3. The third-order valence-corrected chi connectivity index (χ3v) is 14.0. The minimum Gasteiger partial charge on any atom is -0.444 e. The van der Waals surface area contributed by atoms with E-state index in [0.717, 1.165) is 63.4 Å². The van der Waals surface area contributed by atoms with Gasteiger partial charge >= 0.3 is 6.09 Å². The molecule has 356 valence electrons. The number of ether oxygens (including phenoxy) is 1. The van der Waals surface area contributed by atoms with E-state index in [9.17, 15) is 14.4 Å². The maximum atomic E-state index is 13.9. The van der Waals surface area contributed by atoms with Gasteiger partial charge in [0.1, 0.15) is 11.6 Å². The first-order chi connectivity index (χ1) is 33.6. The maximum Gasteiger partial charge on any atom is 0.411 e. The highest BCUT2D eigenvalue weighted by molar-refractivity contribution is 5.87. The van der Waals surface area contributed by atoms with Gasteiger partial charge < -0.3 is 19.9 Å². The van der Waals surface area contributed by atoms with Crippen molar-refractivity contribution in [1.82, 2.24) is 29.8 Å². The fraction of sp³-hybridized carbons (Fsp3) is 0.339. The highest BCUT2D eigenvalue weighted by atomic mass is 16.6. The number of fused-ring (bicyclic) bond motifs is 2. The number of hydrogen-bond donors (Lipinski definition) is 1. The Labute approximate surface area is 408 Å². The Balaban J connectivity index is 0.000000175. The molecule has 0 aliphatic carbocycles. The van der Waals surface area contributed by atoms with Gasteiger partial charge in [0.15, 0.2) is 0 Å². The number of nitrogens with one attached hydrogen (secondary N) is 1. The van der Waals surface area contributed by atoms with Crippen LogP contribution in [0.2, 0.25) is 0 Å². The summed E-state index contributed by atoms with van der Waals surface area (Å²) >= 11 is 0. The fourth-order valence-electron chi connectivity index (χ4n) is 10.5. The van der Waals surface area contributed by atoms with Gasteiger partial charge in [-0.05, 0) is 71.7 Å². The van der Waals surface area contributed by atoms with E-state index in [1.807, 2.05) is 56.0 Å². The lowest BCUT2D eigenvalue weighted by Gasteiger charge is -2.43. The Morgan fingerprint density at radius 2 is 0.855 bits per heavy atom. The number of hydrogen-bond acceptors (Lipinski definition) is 7. The molecule has 10 nitrogen and oxygen atoms in total. The zero-order chi connectivity index (χ0) is 47.7. The predicted octanol–water partition coefficient (Wildman–Crippen LogP) is 8.92. The van der Waals surface area contributed by atoms with Gasteiger partial charge in [-0.15, -0.1) is 0 Å². The molecule has 3 amide bonds. The highest BCUT2D eigenvalue weighted by Crippen LogP contribution is 2.33. The summed E-state index contributed by atoms with van der Waals surface area (Å²) in [7, 11) is 0. The largest absolute Gasteiger partial charge is 0.444 e. The van der Waals surface area contributed by atoms with Crippen molar-refractivity contribution in [2.75, 3.05) is 52.4 Å². The molecular formula is C59H66N6O4. The van der Waals surface area contributed by atoms with Gasteiger partial charge in [0.25, 0.3) is 0 Å². The first kappa shape index (κ1) is 47.5. The standard InChI is InChI=1S/C32H37N3O3.C27H29N3O/c1-32(2,3)38-31(37)35-23-27-17-11-10-16-26(27)22-28(35)30(36)34-20-18-33(19-21-34)29(24-12-6-4-7-13-24)25-14-8-5-9-15-25;31-27(25-19-23-13-7-8-14-24(23)20-28-25)30-17-15-29(16-18-30)26(21-9-3-1-4-10-21)22-11-5-2-6-12-22/h4-17,28-29H,18-23H2,1-3H3;1-14,25-26,28H,15-20H2/t28-;25-/m00/s1. The van der Waals surface area contributed by atoms with Crippen LogP contribution in [0.4, 0.5) is 4.79 Å². The average molecular weight is 923 g/mol. The summed E-state index contributed by atoms with van der Waals surface area (Å²) in [5.41, 5.74) is 9.28. The summed E-state index contributed by atoms with van der Waals surface area (Å²) in [6, 6.07) is 58.7. The van der Waals surface area contributed by atoms with Crippen LogP contribution in [0, 0.1) is 0 Å². The van der Waals surface area contributed by atoms with Crippen molar-refractivity contribution >= 4 is 17.9 Å². The summed E-state index contributed by atoms with van der Waals surface area (Å²) in [6.07, 6.45) is 0.856. The van der Waals surface area contributed by atoms with Crippen molar-refractivity contribution in [2.45, 2.75) is 76.5 Å². The fourth-order valence-corrected chi connectivity index (χ4v) is 10.5. The van der Waals surface area contributed by atoms with Crippen LogP contribution in [0.25, 0.3) is 0 Å². The molecule has 6 aromatic rings. The van der Waals surface area contributed by atoms with Crippen molar-refractivity contribution in [3.8, 4) is 0 Å². The van der Waals surface area contributed by atoms with Gasteiger partial charge in [0, 0.05) is 65.3 Å². The molecule has 4 aliphatic heterocycles. The molecule has 1 N–H and O–H groups in total. The average Bonchev–Trinajstić information content (AvgIpc) is 3.39. The number of rotatable bonds is 8. The van der Waals surface area contributed by atoms with Crippen LogP contribution in [-0.2, 0) is 40.3 Å². The molecule has 2 atom stereocenters. The Hall–Kier alpha value is -6.59. The van der Waals surface area contributed by atoms with Gasteiger partial charge in [-0.25, -0.2) is 4.79 Å². The molecule has 0 unspecified atom stereocenters. The summed E-state index contributed by atoms with van der Waals surface area (Å²) in [5, 5.41) is 3.45. The molecule has 10 heteroatoms. The summed E-state index contributed by atoms with van der Waals surface area (Å²) < 4.78 is 5.71. The topological polar surface area (TPSA) is 88.7 Å². The smallest absolute Gasteiger partial charge is 0.411 e. The van der Waals surface area contributed by atoms with Gasteiger partial charge in [0.2, 0.25) is 11.8 Å². The molecule has 0 aromatic heterocycles. The first-order valence-corrected chi connectivity index (χ1v) is 24.7. The van der Waals surface area contributed by atoms with E-state index in [4.69, 9.17) is 4.74 Å². The molecule has 0 saturated carbocycles. The summed E-state index contributed by atoms with van der Waals surface area (Å²) in [6.45, 7) is 12.8. The SMILES string of the molecule is CC(C)(C)OC(=O)N1Cc2ccccc2C[C@H]1C(=O)N1CCN(C(c2ccccc2)c2ccccc2)CC1.O=C([C@@H]1Cc2ccccc2CN1)N1CCN(C(c2ccccc2)c2ccccc2)CC1. The van der Waals surface area contributed by atoms with Crippen LogP contribution < -0.4 is 5.32 Å². The van der Waals surface area contributed by atoms with Crippen LogP contribution >= 0.6 is 0 Å². The molecule has 0 bridgehead atoms. The second-order valence-electron chi connectivity index (χ2n) is 19.7. The quantitative estimate of drug-likeness (QED) is 0.163. The van der Waals surface area contributed by atoms with Crippen LogP contribution in [0.3, 0.4) is 0 Å². The van der Waals surface area contributed by atoms with Crippen LogP contribution in [0.5, 0.6) is 0 Å². The number of carbonyl (C=O) groups excluding carboxylic acids is 3. The van der Waals surface area contributed by atoms with Gasteiger partial charge in [-0.2, -0.15) is 0 Å². The Morgan fingerprint density at radius 1 is 0.478 bits per heavy atom. The van der Waals surface area contributed by atoms with Crippen molar-refractivity contribution in [1.29, 1.82) is 0 Å². The first-order valence-electron chi connectivity index (χ1n) is 24.7. The Kier molecular flexibility index (Phi) is 15.0. The van der Waals surface area contributed by atoms with Gasteiger partial charge in [-0.3, -0.25) is 24.3 Å². The summed E-state index contributed by atoms with van der Waals surface area (Å²) in [5.74, 6) is 0.242. The number of nitrogens with zero attached hydrogens (tertiary/aromatic N) is 5. The zero-order valence-corrected chi connectivity index (χ0v) is 40.3.